The number of aliphatic imine (C=N–C) groups is 1. The Hall–Kier alpha value is -4.39. The molecule has 16 nitrogen and oxygen atoms in total. The Balaban J connectivity index is 0.993. The van der Waals surface area contributed by atoms with E-state index in [4.69, 9.17) is 37.9 Å². The molecule has 2 heterocycles. The van der Waals surface area contributed by atoms with Gasteiger partial charge in [-0.2, -0.15) is 0 Å². The van der Waals surface area contributed by atoms with Crippen molar-refractivity contribution in [3.05, 3.63) is 65.9 Å². The number of hydrogen-bond donors (Lipinski definition) is 2. The van der Waals surface area contributed by atoms with Crippen LogP contribution in [0.1, 0.15) is 62.9 Å². The molecule has 2 aliphatic heterocycles. The zero-order valence-electron chi connectivity index (χ0n) is 36.8. The molecule has 2 aromatic carbocycles. The van der Waals surface area contributed by atoms with Crippen molar-refractivity contribution in [3.8, 4) is 0 Å². The van der Waals surface area contributed by atoms with E-state index >= 15 is 0 Å². The van der Waals surface area contributed by atoms with Gasteiger partial charge in [-0.1, -0.05) is 45.0 Å². The molecular formula is C46H66N4O12. The number of fused-ring (bicyclic) bond motifs is 2. The largest absolute Gasteiger partial charge is 0.379 e. The molecule has 0 fully saturated rings. The first-order valence-corrected chi connectivity index (χ1v) is 21.7. The molecule has 0 saturated carbocycles. The van der Waals surface area contributed by atoms with E-state index in [2.05, 4.69) is 15.6 Å². The summed E-state index contributed by atoms with van der Waals surface area (Å²) in [6.07, 6.45) is 4.38. The molecule has 62 heavy (non-hydrogen) atoms. The molecule has 0 unspecified atom stereocenters. The van der Waals surface area contributed by atoms with E-state index in [0.29, 0.717) is 122 Å². The second-order valence-electron chi connectivity index (χ2n) is 15.1. The van der Waals surface area contributed by atoms with Gasteiger partial charge in [-0.15, -0.1) is 0 Å². The molecule has 2 aliphatic rings. The van der Waals surface area contributed by atoms with Crippen molar-refractivity contribution < 1.29 is 57.1 Å². The van der Waals surface area contributed by atoms with Crippen LogP contribution in [-0.4, -0.2) is 152 Å². The minimum Gasteiger partial charge on any atom is -0.379 e. The second-order valence-corrected chi connectivity index (χ2v) is 15.1. The van der Waals surface area contributed by atoms with Crippen LogP contribution < -0.4 is 10.6 Å². The molecular weight excluding hydrogens is 801 g/mol. The quantitative estimate of drug-likeness (QED) is 0.0931. The maximum Gasteiger partial charge on any atom is 0.260 e. The van der Waals surface area contributed by atoms with E-state index < -0.39 is 12.0 Å². The number of para-hydroxylation sites is 1. The third-order valence-corrected chi connectivity index (χ3v) is 9.93. The van der Waals surface area contributed by atoms with Gasteiger partial charge in [0.25, 0.3) is 5.91 Å². The van der Waals surface area contributed by atoms with Gasteiger partial charge in [-0.25, -0.2) is 0 Å². The fourth-order valence-electron chi connectivity index (χ4n) is 6.51. The molecule has 2 aromatic rings. The number of ketones is 1. The summed E-state index contributed by atoms with van der Waals surface area (Å²) in [6, 6.07) is 13.8. The first kappa shape index (κ1) is 50.3. The monoisotopic (exact) mass is 866 g/mol. The van der Waals surface area contributed by atoms with Crippen LogP contribution in [0.4, 0.5) is 11.4 Å². The molecule has 0 aliphatic carbocycles. The predicted molar refractivity (Wildman–Crippen MR) is 235 cm³/mol. The van der Waals surface area contributed by atoms with Crippen molar-refractivity contribution >= 4 is 46.7 Å². The van der Waals surface area contributed by atoms with Crippen LogP contribution in [0.5, 0.6) is 0 Å². The zero-order chi connectivity index (χ0) is 44.4. The molecule has 0 aromatic heterocycles. The molecule has 3 atom stereocenters. The maximum atomic E-state index is 13.3. The van der Waals surface area contributed by atoms with E-state index in [9.17, 15) is 19.2 Å². The normalized spacial score (nSPS) is 15.5. The smallest absolute Gasteiger partial charge is 0.260 e. The Morgan fingerprint density at radius 2 is 1.23 bits per heavy atom. The number of carbonyl (C=O) groups excluding carboxylic acids is 4. The zero-order valence-corrected chi connectivity index (χ0v) is 36.8. The van der Waals surface area contributed by atoms with Gasteiger partial charge >= 0.3 is 0 Å². The standard InChI is InChI=1S/C46H66N4O12/c1-5-55-16-17-57-20-21-59-24-25-61-28-29-62-27-26-60-23-22-58-19-18-56-15-14-43(52)49-44(34(2)3)42(51)30-35(4)45(53)48-38-12-10-36(11-13-38)37-31-39-32-47-41-9-7-6-8-40(41)46(54)50(39)33-37/h6-13,32-35,39,44H,5,14-31H2,1-4H3,(H,48,53)(H,49,52)/t35-,39+,44+/m1/s1. The summed E-state index contributed by atoms with van der Waals surface area (Å²) in [5.74, 6) is -1.69. The number of hydrogen-bond acceptors (Lipinski definition) is 13. The number of anilines is 1. The van der Waals surface area contributed by atoms with Gasteiger partial charge in [-0.05, 0) is 48.2 Å². The van der Waals surface area contributed by atoms with E-state index in [1.165, 1.54) is 0 Å². The minimum absolute atomic E-state index is 0.0281. The van der Waals surface area contributed by atoms with E-state index in [1.54, 1.807) is 30.0 Å². The highest BCUT2D eigenvalue weighted by Crippen LogP contribution is 2.34. The lowest BCUT2D eigenvalue weighted by Gasteiger charge is -2.23. The number of Topliss-reactive ketones (excluding diaryl/α,β-unsaturated/α-hetero) is 1. The van der Waals surface area contributed by atoms with Crippen molar-refractivity contribution in [1.82, 2.24) is 10.2 Å². The Labute approximate surface area is 366 Å². The third-order valence-electron chi connectivity index (χ3n) is 9.93. The number of amides is 3. The van der Waals surface area contributed by atoms with Crippen molar-refractivity contribution in [3.63, 3.8) is 0 Å². The van der Waals surface area contributed by atoms with E-state index in [-0.39, 0.29) is 54.9 Å². The number of benzene rings is 2. The number of rotatable bonds is 33. The SMILES string of the molecule is CCOCCOCCOCCOCCOCCOCCOCCOCCC(=O)N[C@H](C(=O)C[C@@H](C)C(=O)Nc1ccc(C2=CN3C(=O)c4ccccc4N=C[C@@H]3C2)cc1)C(C)C. The van der Waals surface area contributed by atoms with Crippen molar-refractivity contribution in [2.75, 3.05) is 111 Å². The molecule has 4 rings (SSSR count). The Morgan fingerprint density at radius 3 is 1.76 bits per heavy atom. The topological polar surface area (TPSA) is 182 Å². The Morgan fingerprint density at radius 1 is 0.710 bits per heavy atom. The molecule has 2 N–H and O–H groups in total. The highest BCUT2D eigenvalue weighted by atomic mass is 16.6. The molecule has 0 spiro atoms. The van der Waals surface area contributed by atoms with Gasteiger partial charge in [0.2, 0.25) is 11.8 Å². The first-order valence-electron chi connectivity index (χ1n) is 21.7. The van der Waals surface area contributed by atoms with Crippen LogP contribution >= 0.6 is 0 Å². The molecule has 0 radical (unpaired) electrons. The van der Waals surface area contributed by atoms with Gasteiger partial charge in [0.05, 0.1) is 122 Å². The number of carbonyl (C=O) groups is 4. The average molecular weight is 867 g/mol. The molecule has 0 saturated heterocycles. The fraction of sp³-hybridized carbons (Fsp3) is 0.587. The molecule has 342 valence electrons. The van der Waals surface area contributed by atoms with Crippen LogP contribution in [0.3, 0.4) is 0 Å². The first-order chi connectivity index (χ1) is 30.2. The molecule has 16 heteroatoms. The predicted octanol–water partition coefficient (Wildman–Crippen LogP) is 4.88. The molecule has 0 bridgehead atoms. The number of ether oxygens (including phenoxy) is 8. The lowest BCUT2D eigenvalue weighted by molar-refractivity contribution is -0.131. The Kier molecular flexibility index (Phi) is 23.6. The van der Waals surface area contributed by atoms with Gasteiger partial charge in [0.15, 0.2) is 5.78 Å². The lowest BCUT2D eigenvalue weighted by Crippen LogP contribution is -2.45. The summed E-state index contributed by atoms with van der Waals surface area (Å²) in [5, 5.41) is 5.72. The molecule has 3 amide bonds. The van der Waals surface area contributed by atoms with Crippen LogP contribution in [0, 0.1) is 11.8 Å². The fourth-order valence-corrected chi connectivity index (χ4v) is 6.51. The summed E-state index contributed by atoms with van der Waals surface area (Å²) in [5.41, 5.74) is 3.76. The lowest BCUT2D eigenvalue weighted by atomic mass is 9.92. The van der Waals surface area contributed by atoms with Gasteiger partial charge in [0, 0.05) is 49.9 Å². The van der Waals surface area contributed by atoms with Crippen LogP contribution in [0.15, 0.2) is 59.7 Å². The summed E-state index contributed by atoms with van der Waals surface area (Å²) >= 11 is 0. The highest BCUT2D eigenvalue weighted by Gasteiger charge is 2.32. The third kappa shape index (κ3) is 18.1. The summed E-state index contributed by atoms with van der Waals surface area (Å²) in [7, 11) is 0. The summed E-state index contributed by atoms with van der Waals surface area (Å²) in [4.78, 5) is 58.5. The Bertz CT molecular complexity index is 1720. The second kappa shape index (κ2) is 29.1. The number of nitrogens with one attached hydrogen (secondary N) is 2. The van der Waals surface area contributed by atoms with Crippen LogP contribution in [0.2, 0.25) is 0 Å². The van der Waals surface area contributed by atoms with Gasteiger partial charge in [-0.3, -0.25) is 24.2 Å². The maximum absolute atomic E-state index is 13.3. The highest BCUT2D eigenvalue weighted by molar-refractivity contribution is 6.04. The van der Waals surface area contributed by atoms with Crippen molar-refractivity contribution in [2.24, 2.45) is 16.8 Å². The van der Waals surface area contributed by atoms with Crippen LogP contribution in [0.25, 0.3) is 5.57 Å². The minimum atomic E-state index is -0.731. The van der Waals surface area contributed by atoms with Crippen molar-refractivity contribution in [1.29, 1.82) is 0 Å². The van der Waals surface area contributed by atoms with Gasteiger partial charge < -0.3 is 53.4 Å². The number of nitrogens with zero attached hydrogens (tertiary/aromatic N) is 2. The summed E-state index contributed by atoms with van der Waals surface area (Å²) < 4.78 is 43.5. The van der Waals surface area contributed by atoms with E-state index in [0.717, 1.165) is 11.1 Å². The van der Waals surface area contributed by atoms with E-state index in [1.807, 2.05) is 63.5 Å². The average Bonchev–Trinajstić information content (AvgIpc) is 3.65. The summed E-state index contributed by atoms with van der Waals surface area (Å²) in [6.45, 7) is 14.8. The van der Waals surface area contributed by atoms with Gasteiger partial charge in [0.1, 0.15) is 0 Å². The van der Waals surface area contributed by atoms with Crippen LogP contribution in [-0.2, 0) is 52.3 Å². The van der Waals surface area contributed by atoms with Crippen molar-refractivity contribution in [2.45, 2.75) is 59.0 Å².